The zero-order valence-electron chi connectivity index (χ0n) is 15.5. The quantitative estimate of drug-likeness (QED) is 0.420. The Balaban J connectivity index is 1.81. The summed E-state index contributed by atoms with van der Waals surface area (Å²) in [6.07, 6.45) is 2.01. The van der Waals surface area contributed by atoms with E-state index >= 15 is 0 Å². The summed E-state index contributed by atoms with van der Waals surface area (Å²) < 4.78 is 55.4. The van der Waals surface area contributed by atoms with Crippen LogP contribution in [0.1, 0.15) is 10.5 Å². The third-order valence-corrected chi connectivity index (χ3v) is 5.08. The summed E-state index contributed by atoms with van der Waals surface area (Å²) in [5.41, 5.74) is 5.04. The number of nitrogen functional groups attached to an aromatic ring is 1. The van der Waals surface area contributed by atoms with Gasteiger partial charge in [-0.15, -0.1) is 0 Å². The third kappa shape index (κ3) is 4.94. The van der Waals surface area contributed by atoms with Gasteiger partial charge in [0.1, 0.15) is 21.6 Å². The van der Waals surface area contributed by atoms with Crippen molar-refractivity contribution >= 4 is 28.5 Å². The van der Waals surface area contributed by atoms with Crippen molar-refractivity contribution in [2.75, 3.05) is 31.9 Å². The van der Waals surface area contributed by atoms with Gasteiger partial charge in [-0.25, -0.2) is 22.5 Å². The van der Waals surface area contributed by atoms with Gasteiger partial charge in [-0.2, -0.15) is 0 Å². The molecule has 0 atom stereocenters. The number of thiazole rings is 1. The Kier molecular flexibility index (Phi) is 6.37. The van der Waals surface area contributed by atoms with Crippen LogP contribution < -0.4 is 16.4 Å². The molecule has 160 valence electrons. The monoisotopic (exact) mass is 442 g/mol. The van der Waals surface area contributed by atoms with Crippen molar-refractivity contribution in [3.63, 3.8) is 0 Å². The lowest BCUT2D eigenvalue weighted by atomic mass is 10.2. The first-order chi connectivity index (χ1) is 14.2. The van der Waals surface area contributed by atoms with Crippen LogP contribution in [0.25, 0.3) is 10.6 Å². The molecule has 0 aliphatic carbocycles. The van der Waals surface area contributed by atoms with Crippen LogP contribution in [0.3, 0.4) is 0 Å². The van der Waals surface area contributed by atoms with Gasteiger partial charge in [-0.3, -0.25) is 4.79 Å². The number of nitrogens with one attached hydrogen (secondary N) is 3. The van der Waals surface area contributed by atoms with Crippen molar-refractivity contribution in [2.45, 2.75) is 5.92 Å². The highest BCUT2D eigenvalue weighted by molar-refractivity contribution is 7.19. The summed E-state index contributed by atoms with van der Waals surface area (Å²) in [6, 6.07) is 3.30. The SMILES string of the molecule is N=CC(=CN1CCNCC(F)(F)C1)NC(=O)c1nc(-c2c(F)cccc2F)sc1N. The minimum absolute atomic E-state index is 0.0660. The van der Waals surface area contributed by atoms with E-state index < -0.39 is 42.1 Å². The number of halogens is 4. The maximum atomic E-state index is 14.0. The molecule has 2 heterocycles. The van der Waals surface area contributed by atoms with E-state index in [0.29, 0.717) is 6.54 Å². The number of amides is 1. The zero-order chi connectivity index (χ0) is 21.9. The van der Waals surface area contributed by atoms with Gasteiger partial charge in [0.15, 0.2) is 5.69 Å². The molecule has 30 heavy (non-hydrogen) atoms. The first-order valence-electron chi connectivity index (χ1n) is 8.77. The molecule has 1 aromatic heterocycles. The number of nitrogens with zero attached hydrogens (tertiary/aromatic N) is 2. The van der Waals surface area contributed by atoms with Gasteiger partial charge >= 0.3 is 0 Å². The lowest BCUT2D eigenvalue weighted by Crippen LogP contribution is -2.37. The lowest BCUT2D eigenvalue weighted by molar-refractivity contribution is -0.00948. The molecule has 1 aromatic carbocycles. The summed E-state index contributed by atoms with van der Waals surface area (Å²) in [6.45, 7) is -0.489. The molecule has 3 rings (SSSR count). The molecule has 0 radical (unpaired) electrons. The first-order valence-corrected chi connectivity index (χ1v) is 9.59. The van der Waals surface area contributed by atoms with Gasteiger partial charge in [0.25, 0.3) is 11.8 Å². The van der Waals surface area contributed by atoms with Crippen LogP contribution in [0.4, 0.5) is 22.6 Å². The fourth-order valence-corrected chi connectivity index (χ4v) is 3.71. The number of aromatic nitrogens is 1. The second-order valence-electron chi connectivity index (χ2n) is 6.51. The van der Waals surface area contributed by atoms with Crippen LogP contribution in [0.15, 0.2) is 30.1 Å². The van der Waals surface area contributed by atoms with Crippen LogP contribution in [0, 0.1) is 17.0 Å². The number of anilines is 1. The van der Waals surface area contributed by atoms with E-state index in [9.17, 15) is 22.4 Å². The number of carbonyl (C=O) groups excluding carboxylic acids is 1. The van der Waals surface area contributed by atoms with Crippen LogP contribution >= 0.6 is 11.3 Å². The van der Waals surface area contributed by atoms with E-state index in [4.69, 9.17) is 11.1 Å². The molecule has 1 aliphatic rings. The predicted octanol–water partition coefficient (Wildman–Crippen LogP) is 2.43. The molecule has 12 heteroatoms. The Hall–Kier alpha value is -2.99. The van der Waals surface area contributed by atoms with Gasteiger partial charge in [0, 0.05) is 25.5 Å². The van der Waals surface area contributed by atoms with Crippen LogP contribution in [-0.2, 0) is 0 Å². The summed E-state index contributed by atoms with van der Waals surface area (Å²) in [7, 11) is 0. The van der Waals surface area contributed by atoms with Crippen molar-refractivity contribution in [3.8, 4) is 10.6 Å². The van der Waals surface area contributed by atoms with Gasteiger partial charge in [0.05, 0.1) is 24.4 Å². The molecule has 1 aliphatic heterocycles. The summed E-state index contributed by atoms with van der Waals surface area (Å²) >= 11 is 0.728. The molecular formula is C18H18F4N6OS. The summed E-state index contributed by atoms with van der Waals surface area (Å²) in [5.74, 6) is -5.51. The van der Waals surface area contributed by atoms with E-state index in [1.807, 2.05) is 0 Å². The minimum atomic E-state index is -2.97. The summed E-state index contributed by atoms with van der Waals surface area (Å²) in [5, 5.41) is 12.2. The molecule has 1 amide bonds. The average molecular weight is 442 g/mol. The number of alkyl halides is 2. The molecular weight excluding hydrogens is 424 g/mol. The Labute approximate surface area is 173 Å². The number of hydrogen-bond donors (Lipinski definition) is 4. The first kappa shape index (κ1) is 21.7. The number of hydrogen-bond acceptors (Lipinski definition) is 7. The fraction of sp³-hybridized carbons (Fsp3) is 0.278. The van der Waals surface area contributed by atoms with Gasteiger partial charge in [-0.05, 0) is 12.1 Å². The molecule has 1 saturated heterocycles. The van der Waals surface area contributed by atoms with E-state index in [2.05, 4.69) is 15.6 Å². The number of benzene rings is 1. The van der Waals surface area contributed by atoms with Gasteiger partial charge in [0.2, 0.25) is 0 Å². The van der Waals surface area contributed by atoms with E-state index in [1.54, 1.807) is 0 Å². The molecule has 0 saturated carbocycles. The Bertz CT molecular complexity index is 973. The van der Waals surface area contributed by atoms with Crippen molar-refractivity contribution in [1.82, 2.24) is 20.5 Å². The molecule has 0 spiro atoms. The van der Waals surface area contributed by atoms with Crippen molar-refractivity contribution in [1.29, 1.82) is 5.41 Å². The van der Waals surface area contributed by atoms with Crippen LogP contribution in [0.5, 0.6) is 0 Å². The van der Waals surface area contributed by atoms with E-state index in [0.717, 1.165) is 29.7 Å². The highest BCUT2D eigenvalue weighted by Gasteiger charge is 2.32. The fourth-order valence-electron chi connectivity index (χ4n) is 2.83. The maximum Gasteiger partial charge on any atom is 0.277 e. The lowest BCUT2D eigenvalue weighted by Gasteiger charge is -2.22. The number of rotatable bonds is 5. The highest BCUT2D eigenvalue weighted by atomic mass is 32.1. The van der Waals surface area contributed by atoms with Crippen molar-refractivity contribution in [2.24, 2.45) is 0 Å². The predicted molar refractivity (Wildman–Crippen MR) is 106 cm³/mol. The Morgan fingerprint density at radius 3 is 2.73 bits per heavy atom. The largest absolute Gasteiger partial charge is 0.389 e. The molecule has 7 nitrogen and oxygen atoms in total. The minimum Gasteiger partial charge on any atom is -0.389 e. The van der Waals surface area contributed by atoms with Crippen molar-refractivity contribution < 1.29 is 22.4 Å². The van der Waals surface area contributed by atoms with Crippen molar-refractivity contribution in [3.05, 3.63) is 47.4 Å². The van der Waals surface area contributed by atoms with Gasteiger partial charge in [-0.1, -0.05) is 17.4 Å². The van der Waals surface area contributed by atoms with E-state index in [1.165, 1.54) is 17.2 Å². The normalized spacial score (nSPS) is 16.8. The third-order valence-electron chi connectivity index (χ3n) is 4.17. The molecule has 0 bridgehead atoms. The standard InChI is InChI=1S/C18H18F4N6OS/c19-11-2-1-3-12(20)13(11)17-27-14(15(24)30-17)16(29)26-10(6-23)7-28-5-4-25-8-18(21,22)9-28/h1-3,6-7,23,25H,4-5,8-9,24H2,(H,26,29). The molecule has 0 unspecified atom stereocenters. The average Bonchev–Trinajstić information content (AvgIpc) is 2.96. The van der Waals surface area contributed by atoms with Crippen LogP contribution in [-0.4, -0.2) is 54.1 Å². The topological polar surface area (TPSA) is 107 Å². The Morgan fingerprint density at radius 1 is 1.37 bits per heavy atom. The Morgan fingerprint density at radius 2 is 2.07 bits per heavy atom. The number of allylic oxidation sites excluding steroid dienone is 1. The molecule has 5 N–H and O–H groups in total. The molecule has 2 aromatic rings. The van der Waals surface area contributed by atoms with E-state index in [-0.39, 0.29) is 27.9 Å². The zero-order valence-corrected chi connectivity index (χ0v) is 16.3. The smallest absolute Gasteiger partial charge is 0.277 e. The summed E-state index contributed by atoms with van der Waals surface area (Å²) in [4.78, 5) is 17.7. The second-order valence-corrected chi connectivity index (χ2v) is 7.55. The number of carbonyl (C=O) groups is 1. The number of nitrogens with two attached hydrogens (primary N) is 1. The van der Waals surface area contributed by atoms with Crippen LogP contribution in [0.2, 0.25) is 0 Å². The maximum absolute atomic E-state index is 14.0. The second kappa shape index (κ2) is 8.79. The van der Waals surface area contributed by atoms with Gasteiger partial charge < -0.3 is 26.7 Å². The molecule has 1 fully saturated rings. The highest BCUT2D eigenvalue weighted by Crippen LogP contribution is 2.33.